The van der Waals surface area contributed by atoms with Crippen LogP contribution in [-0.2, 0) is 6.42 Å². The Morgan fingerprint density at radius 3 is 2.82 bits per heavy atom. The molecular formula is C10H8ClN3O2S. The maximum Gasteiger partial charge on any atom is 0.279 e. The average Bonchev–Trinajstić information content (AvgIpc) is 2.78. The maximum absolute atomic E-state index is 10.9. The molecule has 0 aliphatic rings. The van der Waals surface area contributed by atoms with E-state index in [1.807, 2.05) is 0 Å². The van der Waals surface area contributed by atoms with Crippen molar-refractivity contribution in [1.29, 1.82) is 0 Å². The van der Waals surface area contributed by atoms with Gasteiger partial charge in [-0.3, -0.25) is 10.1 Å². The van der Waals surface area contributed by atoms with E-state index < -0.39 is 4.92 Å². The van der Waals surface area contributed by atoms with E-state index in [4.69, 9.17) is 11.6 Å². The quantitative estimate of drug-likeness (QED) is 0.486. The van der Waals surface area contributed by atoms with Crippen molar-refractivity contribution >= 4 is 28.6 Å². The summed E-state index contributed by atoms with van der Waals surface area (Å²) in [7, 11) is 0. The summed E-state index contributed by atoms with van der Waals surface area (Å²) in [6, 6.07) is 6.49. The molecule has 0 saturated heterocycles. The molecule has 1 aromatic heterocycles. The maximum atomic E-state index is 10.9. The summed E-state index contributed by atoms with van der Waals surface area (Å²) in [5.74, 6) is 0.464. The highest BCUT2D eigenvalue weighted by molar-refractivity contribution is 7.14. The lowest BCUT2D eigenvalue weighted by atomic mass is 10.2. The molecule has 0 amide bonds. The lowest BCUT2D eigenvalue weighted by Gasteiger charge is -1.96. The highest BCUT2D eigenvalue weighted by Crippen LogP contribution is 2.31. The van der Waals surface area contributed by atoms with E-state index in [1.165, 1.54) is 17.4 Å². The lowest BCUT2D eigenvalue weighted by molar-refractivity contribution is -0.384. The molecule has 88 valence electrons. The smallest absolute Gasteiger partial charge is 0.258 e. The van der Waals surface area contributed by atoms with Crippen LogP contribution in [0.5, 0.6) is 0 Å². The zero-order chi connectivity index (χ0) is 12.3. The van der Waals surface area contributed by atoms with Gasteiger partial charge >= 0.3 is 0 Å². The second-order valence-corrected chi connectivity index (χ2v) is 4.65. The molecule has 0 atom stereocenters. The van der Waals surface area contributed by atoms with E-state index in [2.05, 4.69) is 10.2 Å². The van der Waals surface area contributed by atoms with Gasteiger partial charge in [0.2, 0.25) is 0 Å². The lowest BCUT2D eigenvalue weighted by Crippen LogP contribution is -1.90. The molecule has 0 aliphatic heterocycles. The average molecular weight is 270 g/mol. The summed E-state index contributed by atoms with van der Waals surface area (Å²) in [6.45, 7) is 0. The van der Waals surface area contributed by atoms with E-state index in [0.717, 1.165) is 5.01 Å². The Kier molecular flexibility index (Phi) is 3.65. The molecule has 0 aliphatic carbocycles. The molecule has 0 saturated carbocycles. The van der Waals surface area contributed by atoms with E-state index >= 15 is 0 Å². The third-order valence-corrected chi connectivity index (χ3v) is 3.31. The predicted octanol–water partition coefficient (Wildman–Crippen LogP) is 2.89. The van der Waals surface area contributed by atoms with Crippen LogP contribution in [0.1, 0.15) is 5.01 Å². The van der Waals surface area contributed by atoms with E-state index in [1.54, 1.807) is 18.2 Å². The van der Waals surface area contributed by atoms with Crippen LogP contribution in [0.25, 0.3) is 10.6 Å². The van der Waals surface area contributed by atoms with Crippen molar-refractivity contribution in [2.75, 3.05) is 5.88 Å². The number of halogens is 1. The molecule has 0 N–H and O–H groups in total. The number of aryl methyl sites for hydroxylation is 1. The third-order valence-electron chi connectivity index (χ3n) is 2.11. The van der Waals surface area contributed by atoms with Crippen molar-refractivity contribution < 1.29 is 4.92 Å². The van der Waals surface area contributed by atoms with Gasteiger partial charge in [-0.05, 0) is 6.07 Å². The molecule has 2 aromatic rings. The summed E-state index contributed by atoms with van der Waals surface area (Å²) >= 11 is 6.93. The van der Waals surface area contributed by atoms with Gasteiger partial charge in [-0.2, -0.15) is 0 Å². The number of aromatic nitrogens is 2. The molecule has 17 heavy (non-hydrogen) atoms. The molecule has 0 spiro atoms. The van der Waals surface area contributed by atoms with Crippen molar-refractivity contribution in [3.8, 4) is 10.6 Å². The Balaban J connectivity index is 2.41. The van der Waals surface area contributed by atoms with Gasteiger partial charge in [0.15, 0.2) is 5.01 Å². The van der Waals surface area contributed by atoms with Gasteiger partial charge in [0.25, 0.3) is 5.69 Å². The SMILES string of the molecule is O=[N+]([O-])c1ccccc1-c1nnc(CCCl)s1. The summed E-state index contributed by atoms with van der Waals surface area (Å²) in [4.78, 5) is 10.4. The minimum Gasteiger partial charge on any atom is -0.258 e. The fourth-order valence-electron chi connectivity index (χ4n) is 1.36. The van der Waals surface area contributed by atoms with Crippen molar-refractivity contribution in [1.82, 2.24) is 10.2 Å². The number of hydrogen-bond acceptors (Lipinski definition) is 5. The summed E-state index contributed by atoms with van der Waals surface area (Å²) in [6.07, 6.45) is 0.625. The van der Waals surface area contributed by atoms with Crippen LogP contribution in [0.3, 0.4) is 0 Å². The van der Waals surface area contributed by atoms with Crippen molar-refractivity contribution in [3.05, 3.63) is 39.4 Å². The first-order valence-electron chi connectivity index (χ1n) is 4.84. The van der Waals surface area contributed by atoms with E-state index in [-0.39, 0.29) is 5.69 Å². The Labute approximate surface area is 106 Å². The Bertz CT molecular complexity index is 544. The monoisotopic (exact) mass is 269 g/mol. The first-order chi connectivity index (χ1) is 8.22. The molecule has 7 heteroatoms. The number of hydrogen-bond donors (Lipinski definition) is 0. The summed E-state index contributed by atoms with van der Waals surface area (Å²) in [5, 5.41) is 20.1. The first-order valence-corrected chi connectivity index (χ1v) is 6.19. The van der Waals surface area contributed by atoms with Crippen molar-refractivity contribution in [2.24, 2.45) is 0 Å². The van der Waals surface area contributed by atoms with Crippen molar-refractivity contribution in [2.45, 2.75) is 6.42 Å². The largest absolute Gasteiger partial charge is 0.279 e. The molecular weight excluding hydrogens is 262 g/mol. The summed E-state index contributed by atoms with van der Waals surface area (Å²) in [5.41, 5.74) is 0.539. The molecule has 1 aromatic carbocycles. The second-order valence-electron chi connectivity index (χ2n) is 3.21. The Morgan fingerprint density at radius 1 is 1.35 bits per heavy atom. The Hall–Kier alpha value is -1.53. The van der Waals surface area contributed by atoms with Crippen LogP contribution in [0, 0.1) is 10.1 Å². The number of para-hydroxylation sites is 1. The van der Waals surface area contributed by atoms with Gasteiger partial charge in [0.1, 0.15) is 5.01 Å². The van der Waals surface area contributed by atoms with Crippen LogP contribution in [-0.4, -0.2) is 21.0 Å². The van der Waals surface area contributed by atoms with Crippen LogP contribution in [0.4, 0.5) is 5.69 Å². The number of nitrogens with zero attached hydrogens (tertiary/aromatic N) is 3. The molecule has 0 bridgehead atoms. The molecule has 5 nitrogen and oxygen atoms in total. The fourth-order valence-corrected chi connectivity index (χ4v) is 2.52. The molecule has 0 unspecified atom stereocenters. The van der Waals surface area contributed by atoms with E-state index in [0.29, 0.717) is 22.9 Å². The van der Waals surface area contributed by atoms with Gasteiger partial charge in [-0.25, -0.2) is 0 Å². The highest BCUT2D eigenvalue weighted by Gasteiger charge is 2.17. The zero-order valence-corrected chi connectivity index (χ0v) is 10.2. The number of rotatable bonds is 4. The predicted molar refractivity (Wildman–Crippen MR) is 66.4 cm³/mol. The standard InChI is InChI=1S/C10H8ClN3O2S/c11-6-5-9-12-13-10(17-9)7-3-1-2-4-8(7)14(15)16/h1-4H,5-6H2. The molecule has 0 fully saturated rings. The number of benzene rings is 1. The minimum atomic E-state index is -0.419. The third kappa shape index (κ3) is 2.59. The number of alkyl halides is 1. The van der Waals surface area contributed by atoms with Gasteiger partial charge in [-0.1, -0.05) is 23.5 Å². The van der Waals surface area contributed by atoms with Gasteiger partial charge in [0, 0.05) is 18.4 Å². The number of nitro benzene ring substituents is 1. The van der Waals surface area contributed by atoms with Crippen LogP contribution >= 0.6 is 22.9 Å². The summed E-state index contributed by atoms with van der Waals surface area (Å²) < 4.78 is 0. The minimum absolute atomic E-state index is 0.0427. The molecule has 2 rings (SSSR count). The van der Waals surface area contributed by atoms with Crippen LogP contribution < -0.4 is 0 Å². The van der Waals surface area contributed by atoms with E-state index in [9.17, 15) is 10.1 Å². The Morgan fingerprint density at radius 2 is 2.12 bits per heavy atom. The normalized spacial score (nSPS) is 10.4. The fraction of sp³-hybridized carbons (Fsp3) is 0.200. The highest BCUT2D eigenvalue weighted by atomic mass is 35.5. The molecule has 1 heterocycles. The number of nitro groups is 1. The van der Waals surface area contributed by atoms with Gasteiger partial charge in [-0.15, -0.1) is 21.8 Å². The second kappa shape index (κ2) is 5.20. The van der Waals surface area contributed by atoms with Crippen LogP contribution in [0.15, 0.2) is 24.3 Å². The van der Waals surface area contributed by atoms with Crippen LogP contribution in [0.2, 0.25) is 0 Å². The van der Waals surface area contributed by atoms with Gasteiger partial charge in [0.05, 0.1) is 10.5 Å². The topological polar surface area (TPSA) is 68.9 Å². The first kappa shape index (κ1) is 11.9. The molecule has 0 radical (unpaired) electrons. The zero-order valence-electron chi connectivity index (χ0n) is 8.67. The van der Waals surface area contributed by atoms with Gasteiger partial charge < -0.3 is 0 Å². The van der Waals surface area contributed by atoms with Crippen molar-refractivity contribution in [3.63, 3.8) is 0 Å².